The van der Waals surface area contributed by atoms with Gasteiger partial charge in [-0.1, -0.05) is 48.3 Å². The van der Waals surface area contributed by atoms with Crippen LogP contribution in [0.2, 0.25) is 10.0 Å². The number of pyridine rings is 1. The van der Waals surface area contributed by atoms with E-state index >= 15 is 0 Å². The van der Waals surface area contributed by atoms with Gasteiger partial charge in [-0.2, -0.15) is 0 Å². The summed E-state index contributed by atoms with van der Waals surface area (Å²) in [7, 11) is 0. The number of anilines is 1. The van der Waals surface area contributed by atoms with Crippen LogP contribution in [0, 0.1) is 0 Å². The second-order valence-corrected chi connectivity index (χ2v) is 7.49. The number of carbonyl (C=O) groups is 2. The lowest BCUT2D eigenvalue weighted by molar-refractivity contribution is -0.143. The van der Waals surface area contributed by atoms with Crippen molar-refractivity contribution in [1.82, 2.24) is 4.98 Å². The first kappa shape index (κ1) is 22.1. The van der Waals surface area contributed by atoms with Crippen molar-refractivity contribution in [2.75, 3.05) is 11.9 Å². The van der Waals surface area contributed by atoms with Crippen molar-refractivity contribution in [3.63, 3.8) is 0 Å². The lowest BCUT2D eigenvalue weighted by Crippen LogP contribution is -2.14. The number of carbonyl (C=O) groups excluding carboxylic acids is 2. The average molecular weight is 445 g/mol. The van der Waals surface area contributed by atoms with Crippen LogP contribution in [0.25, 0.3) is 10.9 Å². The van der Waals surface area contributed by atoms with Crippen LogP contribution >= 0.6 is 23.2 Å². The van der Waals surface area contributed by atoms with Gasteiger partial charge in [0.15, 0.2) is 0 Å². The van der Waals surface area contributed by atoms with E-state index in [2.05, 4.69) is 10.3 Å². The molecule has 5 nitrogen and oxygen atoms in total. The number of benzene rings is 2. The molecule has 156 valence electrons. The number of hydrogen-bond acceptors (Lipinski definition) is 4. The van der Waals surface area contributed by atoms with Gasteiger partial charge in [0.2, 0.25) is 0 Å². The lowest BCUT2D eigenvalue weighted by atomic mass is 9.97. The first-order valence-electron chi connectivity index (χ1n) is 9.76. The first-order chi connectivity index (χ1) is 14.5. The molecule has 0 saturated heterocycles. The molecule has 0 fully saturated rings. The number of amides is 1. The van der Waals surface area contributed by atoms with Crippen LogP contribution in [0.1, 0.15) is 41.8 Å². The summed E-state index contributed by atoms with van der Waals surface area (Å²) in [5.74, 6) is -0.644. The van der Waals surface area contributed by atoms with Crippen LogP contribution in [-0.4, -0.2) is 23.5 Å². The summed E-state index contributed by atoms with van der Waals surface area (Å²) in [6.07, 6.45) is 3.40. The average Bonchev–Trinajstić information content (AvgIpc) is 2.72. The van der Waals surface area contributed by atoms with Gasteiger partial charge in [0.05, 0.1) is 33.4 Å². The Morgan fingerprint density at radius 2 is 1.77 bits per heavy atom. The molecule has 0 bridgehead atoms. The normalized spacial score (nSPS) is 10.8. The lowest BCUT2D eigenvalue weighted by Gasteiger charge is -2.15. The molecule has 0 radical (unpaired) electrons. The minimum absolute atomic E-state index is 0.213. The van der Waals surface area contributed by atoms with Crippen molar-refractivity contribution in [2.24, 2.45) is 0 Å². The van der Waals surface area contributed by atoms with Crippen LogP contribution in [0.3, 0.4) is 0 Å². The van der Waals surface area contributed by atoms with Gasteiger partial charge in [-0.05, 0) is 49.1 Å². The number of halogens is 2. The summed E-state index contributed by atoms with van der Waals surface area (Å²) in [6, 6.07) is 10.5. The predicted molar refractivity (Wildman–Crippen MR) is 120 cm³/mol. The number of aryl methyl sites for hydroxylation is 2. The largest absolute Gasteiger partial charge is 0.466 e. The van der Waals surface area contributed by atoms with E-state index in [1.165, 1.54) is 0 Å². The minimum Gasteiger partial charge on any atom is -0.466 e. The van der Waals surface area contributed by atoms with E-state index in [0.717, 1.165) is 22.9 Å². The summed E-state index contributed by atoms with van der Waals surface area (Å²) in [4.78, 5) is 29.3. The highest BCUT2D eigenvalue weighted by Crippen LogP contribution is 2.30. The Morgan fingerprint density at radius 3 is 2.43 bits per heavy atom. The zero-order valence-electron chi connectivity index (χ0n) is 16.8. The van der Waals surface area contributed by atoms with Gasteiger partial charge in [0.25, 0.3) is 5.91 Å². The van der Waals surface area contributed by atoms with Gasteiger partial charge in [-0.15, -0.1) is 0 Å². The van der Waals surface area contributed by atoms with Gasteiger partial charge in [0.1, 0.15) is 0 Å². The number of para-hydroxylation sites is 1. The fourth-order valence-corrected chi connectivity index (χ4v) is 3.95. The molecule has 3 rings (SSSR count). The molecule has 0 aliphatic heterocycles. The molecule has 1 heterocycles. The Bertz CT molecular complexity index is 1080. The van der Waals surface area contributed by atoms with Crippen molar-refractivity contribution in [3.05, 3.63) is 69.3 Å². The quantitative estimate of drug-likeness (QED) is 0.463. The number of ether oxygens (including phenoxy) is 1. The van der Waals surface area contributed by atoms with Crippen LogP contribution in [0.5, 0.6) is 0 Å². The predicted octanol–water partition coefficient (Wildman–Crippen LogP) is 5.85. The summed E-state index contributed by atoms with van der Waals surface area (Å²) in [5, 5.41) is 4.31. The highest BCUT2D eigenvalue weighted by atomic mass is 35.5. The second kappa shape index (κ2) is 9.92. The maximum atomic E-state index is 12.8. The molecule has 1 amide bonds. The molecule has 1 aromatic heterocycles. The molecule has 0 aliphatic carbocycles. The number of nitrogens with zero attached hydrogens (tertiary/aromatic N) is 1. The summed E-state index contributed by atoms with van der Waals surface area (Å²) >= 11 is 12.3. The van der Waals surface area contributed by atoms with E-state index in [9.17, 15) is 9.59 Å². The van der Waals surface area contributed by atoms with Gasteiger partial charge in [-0.25, -0.2) is 0 Å². The molecule has 1 N–H and O–H groups in total. The molecular formula is C23H22Cl2N2O3. The number of nitrogens with one attached hydrogen (secondary N) is 1. The monoisotopic (exact) mass is 444 g/mol. The molecular weight excluding hydrogens is 423 g/mol. The van der Waals surface area contributed by atoms with Crippen LogP contribution in [-0.2, 0) is 22.4 Å². The molecule has 0 saturated carbocycles. The fraction of sp³-hybridized carbons (Fsp3) is 0.261. The third-order valence-electron chi connectivity index (χ3n) is 4.80. The van der Waals surface area contributed by atoms with E-state index in [-0.39, 0.29) is 28.0 Å². The molecule has 0 spiro atoms. The topological polar surface area (TPSA) is 68.3 Å². The van der Waals surface area contributed by atoms with Gasteiger partial charge in [0, 0.05) is 18.0 Å². The van der Waals surface area contributed by atoms with Crippen molar-refractivity contribution in [3.8, 4) is 0 Å². The van der Waals surface area contributed by atoms with E-state index in [1.54, 1.807) is 37.4 Å². The maximum Gasteiger partial charge on any atom is 0.306 e. The number of esters is 1. The fourth-order valence-electron chi connectivity index (χ4n) is 3.38. The smallest absolute Gasteiger partial charge is 0.306 e. The Kier molecular flexibility index (Phi) is 7.29. The Labute approximate surface area is 185 Å². The van der Waals surface area contributed by atoms with Crippen LogP contribution in [0.15, 0.2) is 42.6 Å². The van der Waals surface area contributed by atoms with Gasteiger partial charge in [-0.3, -0.25) is 14.6 Å². The SMILES string of the molecule is CCOC(=O)CCc1c(CC)cnc2c(NC(=O)c3c(Cl)cccc3Cl)cccc12. The van der Waals surface area contributed by atoms with E-state index in [1.807, 2.05) is 19.1 Å². The Balaban J connectivity index is 1.98. The summed E-state index contributed by atoms with van der Waals surface area (Å²) in [6.45, 7) is 4.19. The van der Waals surface area contributed by atoms with Gasteiger partial charge < -0.3 is 10.1 Å². The molecule has 0 aliphatic rings. The molecule has 2 aromatic carbocycles. The molecule has 3 aromatic rings. The van der Waals surface area contributed by atoms with Crippen molar-refractivity contribution >= 4 is 51.7 Å². The van der Waals surface area contributed by atoms with E-state index in [4.69, 9.17) is 27.9 Å². The second-order valence-electron chi connectivity index (χ2n) is 6.67. The Hall–Kier alpha value is -2.63. The minimum atomic E-state index is -0.410. The summed E-state index contributed by atoms with van der Waals surface area (Å²) in [5.41, 5.74) is 3.50. The summed E-state index contributed by atoms with van der Waals surface area (Å²) < 4.78 is 5.06. The zero-order chi connectivity index (χ0) is 21.7. The van der Waals surface area contributed by atoms with Crippen LogP contribution in [0.4, 0.5) is 5.69 Å². The molecule has 30 heavy (non-hydrogen) atoms. The van der Waals surface area contributed by atoms with Crippen molar-refractivity contribution in [1.29, 1.82) is 0 Å². The van der Waals surface area contributed by atoms with Crippen molar-refractivity contribution in [2.45, 2.75) is 33.1 Å². The van der Waals surface area contributed by atoms with Crippen molar-refractivity contribution < 1.29 is 14.3 Å². The van der Waals surface area contributed by atoms with E-state index < -0.39 is 5.91 Å². The standard InChI is InChI=1S/C23H22Cl2N2O3/c1-3-14-13-26-22-16(15(14)11-12-20(28)30-4-2)7-5-10-19(22)27-23(29)21-17(24)8-6-9-18(21)25/h5-10,13H,3-4,11-12H2,1-2H3,(H,27,29). The Morgan fingerprint density at radius 1 is 1.07 bits per heavy atom. The zero-order valence-corrected chi connectivity index (χ0v) is 18.3. The third-order valence-corrected chi connectivity index (χ3v) is 5.43. The maximum absolute atomic E-state index is 12.8. The van der Waals surface area contributed by atoms with Crippen LogP contribution < -0.4 is 5.32 Å². The first-order valence-corrected chi connectivity index (χ1v) is 10.5. The number of hydrogen-bond donors (Lipinski definition) is 1. The molecule has 0 atom stereocenters. The number of fused-ring (bicyclic) bond motifs is 1. The highest BCUT2D eigenvalue weighted by Gasteiger charge is 2.18. The molecule has 7 heteroatoms. The number of rotatable bonds is 7. The molecule has 0 unspecified atom stereocenters. The number of aromatic nitrogens is 1. The highest BCUT2D eigenvalue weighted by molar-refractivity contribution is 6.40. The van der Waals surface area contributed by atoms with Gasteiger partial charge >= 0.3 is 5.97 Å². The third kappa shape index (κ3) is 4.74. The van der Waals surface area contributed by atoms with E-state index in [0.29, 0.717) is 24.2 Å².